The van der Waals surface area contributed by atoms with Crippen molar-refractivity contribution >= 4 is 11.0 Å². The first-order chi connectivity index (χ1) is 10.1. The highest BCUT2D eigenvalue weighted by Gasteiger charge is 2.24. The first kappa shape index (κ1) is 14.4. The molecule has 21 heavy (non-hydrogen) atoms. The quantitative estimate of drug-likeness (QED) is 0.787. The fraction of sp³-hybridized carbons (Fsp3) is 0.500. The number of fused-ring (bicyclic) bond motifs is 1. The average molecular weight is 292 g/mol. The average Bonchev–Trinajstić information content (AvgIpc) is 2.80. The van der Waals surface area contributed by atoms with E-state index >= 15 is 0 Å². The molecule has 114 valence electrons. The Morgan fingerprint density at radius 3 is 2.67 bits per heavy atom. The van der Waals surface area contributed by atoms with Gasteiger partial charge in [0.25, 0.3) is 0 Å². The zero-order chi connectivity index (χ0) is 15.0. The Morgan fingerprint density at radius 1 is 1.29 bits per heavy atom. The van der Waals surface area contributed by atoms with Crippen LogP contribution in [0.4, 0.5) is 0 Å². The lowest BCUT2D eigenvalue weighted by Gasteiger charge is -2.24. The smallest absolute Gasteiger partial charge is 0.135 e. The third kappa shape index (κ3) is 2.64. The molecule has 0 unspecified atom stereocenters. The SMILES string of the molecule is Cc1oc2ccc(O)c(C[NH+]3CCOCC3)c2c1[C@@H](C)O. The van der Waals surface area contributed by atoms with E-state index in [9.17, 15) is 10.2 Å². The summed E-state index contributed by atoms with van der Waals surface area (Å²) >= 11 is 0. The topological polar surface area (TPSA) is 67.3 Å². The second-order valence-corrected chi connectivity index (χ2v) is 5.72. The maximum Gasteiger partial charge on any atom is 0.135 e. The number of aliphatic hydroxyl groups is 1. The van der Waals surface area contributed by atoms with Crippen LogP contribution >= 0.6 is 0 Å². The van der Waals surface area contributed by atoms with Gasteiger partial charge in [-0.2, -0.15) is 0 Å². The lowest BCUT2D eigenvalue weighted by Crippen LogP contribution is -3.12. The van der Waals surface area contributed by atoms with Crippen molar-refractivity contribution in [2.75, 3.05) is 26.3 Å². The molecule has 0 aliphatic carbocycles. The minimum atomic E-state index is -0.619. The first-order valence-corrected chi connectivity index (χ1v) is 7.41. The summed E-state index contributed by atoms with van der Waals surface area (Å²) < 4.78 is 11.1. The van der Waals surface area contributed by atoms with Crippen LogP contribution in [0.2, 0.25) is 0 Å². The molecule has 3 N–H and O–H groups in total. The van der Waals surface area contributed by atoms with Crippen molar-refractivity contribution in [3.8, 4) is 5.75 Å². The van der Waals surface area contributed by atoms with Crippen molar-refractivity contribution in [3.05, 3.63) is 29.0 Å². The number of ether oxygens (including phenoxy) is 1. The fourth-order valence-corrected chi connectivity index (χ4v) is 3.16. The number of hydrogen-bond acceptors (Lipinski definition) is 4. The zero-order valence-corrected chi connectivity index (χ0v) is 12.5. The van der Waals surface area contributed by atoms with Crippen LogP contribution in [0.3, 0.4) is 0 Å². The van der Waals surface area contributed by atoms with E-state index in [0.717, 1.165) is 48.4 Å². The molecular formula is C16H22NO4+. The van der Waals surface area contributed by atoms with Crippen molar-refractivity contribution < 1.29 is 24.3 Å². The Kier molecular flexibility index (Phi) is 3.89. The number of phenols is 1. The van der Waals surface area contributed by atoms with Crippen LogP contribution in [0.25, 0.3) is 11.0 Å². The van der Waals surface area contributed by atoms with E-state index in [4.69, 9.17) is 9.15 Å². The summed E-state index contributed by atoms with van der Waals surface area (Å²) in [4.78, 5) is 1.37. The van der Waals surface area contributed by atoms with E-state index in [2.05, 4.69) is 0 Å². The molecule has 1 aromatic carbocycles. The predicted octanol–water partition coefficient (Wildman–Crippen LogP) is 0.915. The maximum atomic E-state index is 10.3. The summed E-state index contributed by atoms with van der Waals surface area (Å²) in [5.41, 5.74) is 2.37. The van der Waals surface area contributed by atoms with Gasteiger partial charge in [-0.1, -0.05) is 0 Å². The summed E-state index contributed by atoms with van der Waals surface area (Å²) in [5, 5.41) is 21.2. The van der Waals surface area contributed by atoms with Crippen LogP contribution in [0.1, 0.15) is 29.9 Å². The zero-order valence-electron chi connectivity index (χ0n) is 12.5. The summed E-state index contributed by atoms with van der Waals surface area (Å²) in [7, 11) is 0. The normalized spacial score (nSPS) is 18.2. The molecular weight excluding hydrogens is 270 g/mol. The highest BCUT2D eigenvalue weighted by Crippen LogP contribution is 2.36. The molecule has 0 spiro atoms. The van der Waals surface area contributed by atoms with Gasteiger partial charge in [0.05, 0.1) is 24.9 Å². The monoisotopic (exact) mass is 292 g/mol. The Balaban J connectivity index is 2.08. The molecule has 3 rings (SSSR count). The molecule has 1 aliphatic heterocycles. The van der Waals surface area contributed by atoms with Gasteiger partial charge in [0.2, 0.25) is 0 Å². The Morgan fingerprint density at radius 2 is 2.00 bits per heavy atom. The summed E-state index contributed by atoms with van der Waals surface area (Å²) in [6.07, 6.45) is -0.619. The minimum absolute atomic E-state index is 0.268. The molecule has 5 heteroatoms. The molecule has 0 bridgehead atoms. The van der Waals surface area contributed by atoms with Gasteiger partial charge in [-0.15, -0.1) is 0 Å². The van der Waals surface area contributed by atoms with Gasteiger partial charge < -0.3 is 24.3 Å². The number of rotatable bonds is 3. The van der Waals surface area contributed by atoms with Crippen LogP contribution in [-0.2, 0) is 11.3 Å². The van der Waals surface area contributed by atoms with Crippen LogP contribution in [0.15, 0.2) is 16.5 Å². The van der Waals surface area contributed by atoms with Crippen molar-refractivity contribution in [1.82, 2.24) is 0 Å². The molecule has 1 aliphatic rings. The second-order valence-electron chi connectivity index (χ2n) is 5.72. The third-order valence-corrected chi connectivity index (χ3v) is 4.21. The van der Waals surface area contributed by atoms with Gasteiger partial charge in [0.1, 0.15) is 36.7 Å². The number of morpholine rings is 1. The highest BCUT2D eigenvalue weighted by atomic mass is 16.5. The number of phenolic OH excluding ortho intramolecular Hbond substituents is 1. The first-order valence-electron chi connectivity index (χ1n) is 7.41. The number of quaternary nitrogens is 1. The van der Waals surface area contributed by atoms with Crippen molar-refractivity contribution in [1.29, 1.82) is 0 Å². The Hall–Kier alpha value is -1.56. The lowest BCUT2D eigenvalue weighted by molar-refractivity contribution is -0.921. The summed E-state index contributed by atoms with van der Waals surface area (Å²) in [6.45, 7) is 7.65. The summed E-state index contributed by atoms with van der Waals surface area (Å²) in [5.74, 6) is 0.980. The van der Waals surface area contributed by atoms with Crippen molar-refractivity contribution in [2.45, 2.75) is 26.5 Å². The van der Waals surface area contributed by atoms with Gasteiger partial charge in [-0.3, -0.25) is 0 Å². The van der Waals surface area contributed by atoms with Crippen LogP contribution in [0, 0.1) is 6.92 Å². The van der Waals surface area contributed by atoms with Crippen molar-refractivity contribution in [3.63, 3.8) is 0 Å². The van der Waals surface area contributed by atoms with Gasteiger partial charge in [0.15, 0.2) is 0 Å². The molecule has 1 fully saturated rings. The number of aliphatic hydroxyl groups excluding tert-OH is 1. The van der Waals surface area contributed by atoms with E-state index in [-0.39, 0.29) is 5.75 Å². The van der Waals surface area contributed by atoms with Gasteiger partial charge >= 0.3 is 0 Å². The molecule has 0 saturated carbocycles. The number of benzene rings is 1. The van der Waals surface area contributed by atoms with E-state index in [1.165, 1.54) is 4.90 Å². The van der Waals surface area contributed by atoms with Gasteiger partial charge in [-0.05, 0) is 26.0 Å². The summed E-state index contributed by atoms with van der Waals surface area (Å²) in [6, 6.07) is 3.44. The van der Waals surface area contributed by atoms with Gasteiger partial charge in [0, 0.05) is 10.9 Å². The number of hydrogen-bond donors (Lipinski definition) is 3. The Labute approximate surface area is 123 Å². The van der Waals surface area contributed by atoms with E-state index in [1.54, 1.807) is 19.1 Å². The maximum absolute atomic E-state index is 10.3. The number of aromatic hydroxyl groups is 1. The molecule has 1 aromatic heterocycles. The minimum Gasteiger partial charge on any atom is -0.507 e. The largest absolute Gasteiger partial charge is 0.507 e. The lowest BCUT2D eigenvalue weighted by atomic mass is 10.00. The number of furan rings is 1. The van der Waals surface area contributed by atoms with Crippen LogP contribution < -0.4 is 4.90 Å². The standard InChI is InChI=1S/C16H21NO4/c1-10(18)15-11(2)21-14-4-3-13(19)12(16(14)15)9-17-5-7-20-8-6-17/h3-4,10,18-19H,5-9H2,1-2H3/p+1/t10-/m1/s1. The molecule has 5 nitrogen and oxygen atoms in total. The molecule has 2 heterocycles. The highest BCUT2D eigenvalue weighted by molar-refractivity contribution is 5.88. The van der Waals surface area contributed by atoms with Crippen molar-refractivity contribution in [2.24, 2.45) is 0 Å². The third-order valence-electron chi connectivity index (χ3n) is 4.21. The van der Waals surface area contributed by atoms with Gasteiger partial charge in [-0.25, -0.2) is 0 Å². The van der Waals surface area contributed by atoms with E-state index < -0.39 is 6.10 Å². The molecule has 1 saturated heterocycles. The molecule has 2 aromatic rings. The molecule has 0 radical (unpaired) electrons. The second kappa shape index (κ2) is 5.67. The Bertz CT molecular complexity index is 641. The molecule has 0 amide bonds. The fourth-order valence-electron chi connectivity index (χ4n) is 3.16. The predicted molar refractivity (Wildman–Crippen MR) is 78.5 cm³/mol. The molecule has 1 atom stereocenters. The van der Waals surface area contributed by atoms with Crippen LogP contribution in [-0.4, -0.2) is 36.5 Å². The number of nitrogens with one attached hydrogen (secondary N) is 1. The number of aryl methyl sites for hydroxylation is 1. The van der Waals surface area contributed by atoms with Crippen LogP contribution in [0.5, 0.6) is 5.75 Å². The van der Waals surface area contributed by atoms with E-state index in [1.807, 2.05) is 6.92 Å². The van der Waals surface area contributed by atoms with E-state index in [0.29, 0.717) is 12.3 Å².